The molecule has 2 rings (SSSR count). The first kappa shape index (κ1) is 17.9. The zero-order chi connectivity index (χ0) is 13.7. The third-order valence-electron chi connectivity index (χ3n) is 3.00. The Morgan fingerprint density at radius 3 is 2.80 bits per heavy atom. The van der Waals surface area contributed by atoms with E-state index in [0.717, 1.165) is 40.4 Å². The molecule has 0 atom stereocenters. The summed E-state index contributed by atoms with van der Waals surface area (Å²) < 4.78 is 6.25. The van der Waals surface area contributed by atoms with Crippen LogP contribution in [0.5, 0.6) is 5.75 Å². The topological polar surface area (TPSA) is 50.9 Å². The number of methoxy groups -OCH3 is 1. The molecule has 0 unspecified atom stereocenters. The second kappa shape index (κ2) is 8.99. The highest BCUT2D eigenvalue weighted by atomic mass is 127. The maximum Gasteiger partial charge on any atom is 0.191 e. The minimum Gasteiger partial charge on any atom is -0.497 e. The van der Waals surface area contributed by atoms with Gasteiger partial charge < -0.3 is 15.4 Å². The van der Waals surface area contributed by atoms with Crippen molar-refractivity contribution in [2.24, 2.45) is 10.7 Å². The molecular formula is C13H19BrIN3OS. The van der Waals surface area contributed by atoms with Crippen molar-refractivity contribution in [2.75, 3.05) is 31.7 Å². The number of halogens is 2. The van der Waals surface area contributed by atoms with Crippen molar-refractivity contribution < 1.29 is 4.74 Å². The Kier molecular flexibility index (Phi) is 8.04. The quantitative estimate of drug-likeness (QED) is 0.418. The smallest absolute Gasteiger partial charge is 0.191 e. The first-order chi connectivity index (χ1) is 9.20. The lowest BCUT2D eigenvalue weighted by Gasteiger charge is -2.27. The van der Waals surface area contributed by atoms with Crippen LogP contribution in [0.3, 0.4) is 0 Å². The van der Waals surface area contributed by atoms with Crippen LogP contribution in [0.1, 0.15) is 5.56 Å². The molecule has 2 N–H and O–H groups in total. The Hall–Kier alpha value is -0.150. The number of guanidine groups is 1. The zero-order valence-corrected chi connectivity index (χ0v) is 16.1. The predicted molar refractivity (Wildman–Crippen MR) is 100 cm³/mol. The number of thioether (sulfide) groups is 1. The standard InChI is InChI=1S/C13H18BrN3OS.HI/c1-18-11-2-3-12(14)10(8-11)9-16-13(15)17-4-6-19-7-5-17;/h2-3,8H,4-7,9H2,1H3,(H2,15,16);1H. The molecule has 1 fully saturated rings. The van der Waals surface area contributed by atoms with Crippen molar-refractivity contribution in [2.45, 2.75) is 6.54 Å². The normalized spacial score (nSPS) is 15.7. The lowest BCUT2D eigenvalue weighted by Crippen LogP contribution is -2.42. The van der Waals surface area contributed by atoms with Gasteiger partial charge in [-0.05, 0) is 23.8 Å². The third kappa shape index (κ3) is 5.00. The van der Waals surface area contributed by atoms with Crippen molar-refractivity contribution >= 4 is 57.6 Å². The Balaban J connectivity index is 0.00000200. The molecule has 0 aromatic heterocycles. The van der Waals surface area contributed by atoms with Crippen LogP contribution >= 0.6 is 51.7 Å². The van der Waals surface area contributed by atoms with Gasteiger partial charge in [-0.2, -0.15) is 11.8 Å². The molecule has 1 aromatic rings. The van der Waals surface area contributed by atoms with E-state index in [1.54, 1.807) is 7.11 Å². The van der Waals surface area contributed by atoms with E-state index in [4.69, 9.17) is 10.5 Å². The highest BCUT2D eigenvalue weighted by Crippen LogP contribution is 2.23. The summed E-state index contributed by atoms with van der Waals surface area (Å²) in [6, 6.07) is 5.87. The lowest BCUT2D eigenvalue weighted by molar-refractivity contribution is 0.414. The fourth-order valence-corrected chi connectivity index (χ4v) is 3.13. The molecule has 0 aliphatic carbocycles. The van der Waals surface area contributed by atoms with Crippen LogP contribution in [0, 0.1) is 0 Å². The maximum atomic E-state index is 6.04. The minimum absolute atomic E-state index is 0. The van der Waals surface area contributed by atoms with E-state index in [9.17, 15) is 0 Å². The van der Waals surface area contributed by atoms with Crippen LogP contribution in [0.2, 0.25) is 0 Å². The predicted octanol–water partition coefficient (Wildman–Crippen LogP) is 2.94. The number of rotatable bonds is 3. The van der Waals surface area contributed by atoms with Gasteiger partial charge in [-0.15, -0.1) is 24.0 Å². The monoisotopic (exact) mass is 471 g/mol. The van der Waals surface area contributed by atoms with E-state index in [0.29, 0.717) is 12.5 Å². The van der Waals surface area contributed by atoms with Crippen molar-refractivity contribution in [3.05, 3.63) is 28.2 Å². The molecule has 4 nitrogen and oxygen atoms in total. The molecule has 1 aliphatic rings. The molecule has 0 saturated carbocycles. The average molecular weight is 472 g/mol. The number of nitrogens with zero attached hydrogens (tertiary/aromatic N) is 2. The molecule has 1 aromatic carbocycles. The summed E-state index contributed by atoms with van der Waals surface area (Å²) in [6.45, 7) is 2.53. The van der Waals surface area contributed by atoms with Gasteiger partial charge in [-0.1, -0.05) is 15.9 Å². The van der Waals surface area contributed by atoms with Gasteiger partial charge in [-0.25, -0.2) is 4.99 Å². The molecule has 7 heteroatoms. The van der Waals surface area contributed by atoms with E-state index < -0.39 is 0 Å². The summed E-state index contributed by atoms with van der Waals surface area (Å²) in [5.41, 5.74) is 7.11. The largest absolute Gasteiger partial charge is 0.497 e. The van der Waals surface area contributed by atoms with Crippen LogP contribution < -0.4 is 10.5 Å². The lowest BCUT2D eigenvalue weighted by atomic mass is 10.2. The molecule has 1 heterocycles. The van der Waals surface area contributed by atoms with Gasteiger partial charge in [0, 0.05) is 29.1 Å². The van der Waals surface area contributed by atoms with Gasteiger partial charge in [0.15, 0.2) is 5.96 Å². The Labute approximate surface area is 149 Å². The highest BCUT2D eigenvalue weighted by Gasteiger charge is 2.12. The van der Waals surface area contributed by atoms with Crippen LogP contribution in [0.4, 0.5) is 0 Å². The minimum atomic E-state index is 0. The third-order valence-corrected chi connectivity index (χ3v) is 4.72. The van der Waals surface area contributed by atoms with Gasteiger partial charge in [0.05, 0.1) is 13.7 Å². The molecule has 0 spiro atoms. The van der Waals surface area contributed by atoms with Gasteiger partial charge in [-0.3, -0.25) is 0 Å². The van der Waals surface area contributed by atoms with Crippen molar-refractivity contribution in [1.29, 1.82) is 0 Å². The number of ether oxygens (including phenoxy) is 1. The molecule has 0 bridgehead atoms. The molecule has 112 valence electrons. The van der Waals surface area contributed by atoms with Crippen molar-refractivity contribution in [3.63, 3.8) is 0 Å². The summed E-state index contributed by atoms with van der Waals surface area (Å²) in [4.78, 5) is 6.62. The fourth-order valence-electron chi connectivity index (χ4n) is 1.86. The average Bonchev–Trinajstić information content (AvgIpc) is 2.47. The second-order valence-electron chi connectivity index (χ2n) is 4.23. The number of nitrogens with two attached hydrogens (primary N) is 1. The Morgan fingerprint density at radius 1 is 1.45 bits per heavy atom. The molecule has 1 aliphatic heterocycles. The van der Waals surface area contributed by atoms with Crippen LogP contribution in [0.15, 0.2) is 27.7 Å². The summed E-state index contributed by atoms with van der Waals surface area (Å²) in [5.74, 6) is 3.72. The molecule has 0 amide bonds. The molecule has 20 heavy (non-hydrogen) atoms. The van der Waals surface area contributed by atoms with E-state index >= 15 is 0 Å². The number of hydrogen-bond acceptors (Lipinski definition) is 3. The summed E-state index contributed by atoms with van der Waals surface area (Å²) in [6.07, 6.45) is 0. The summed E-state index contributed by atoms with van der Waals surface area (Å²) in [7, 11) is 1.66. The van der Waals surface area contributed by atoms with Gasteiger partial charge in [0.1, 0.15) is 5.75 Å². The molecule has 1 saturated heterocycles. The summed E-state index contributed by atoms with van der Waals surface area (Å²) in [5, 5.41) is 0. The fraction of sp³-hybridized carbons (Fsp3) is 0.462. The van der Waals surface area contributed by atoms with Crippen molar-refractivity contribution in [1.82, 2.24) is 4.90 Å². The first-order valence-electron chi connectivity index (χ1n) is 6.15. The van der Waals surface area contributed by atoms with E-state index in [-0.39, 0.29) is 24.0 Å². The number of benzene rings is 1. The van der Waals surface area contributed by atoms with Crippen molar-refractivity contribution in [3.8, 4) is 5.75 Å². The second-order valence-corrected chi connectivity index (χ2v) is 6.31. The molecular weight excluding hydrogens is 453 g/mol. The van der Waals surface area contributed by atoms with Gasteiger partial charge >= 0.3 is 0 Å². The van der Waals surface area contributed by atoms with E-state index in [1.807, 2.05) is 30.0 Å². The zero-order valence-electron chi connectivity index (χ0n) is 11.3. The van der Waals surface area contributed by atoms with E-state index in [2.05, 4.69) is 25.8 Å². The van der Waals surface area contributed by atoms with Gasteiger partial charge in [0.2, 0.25) is 0 Å². The SMILES string of the molecule is COc1ccc(Br)c(CN=C(N)N2CCSCC2)c1.I. The Bertz CT molecular complexity index is 467. The van der Waals surface area contributed by atoms with Gasteiger partial charge in [0.25, 0.3) is 0 Å². The van der Waals surface area contributed by atoms with Crippen LogP contribution in [-0.4, -0.2) is 42.6 Å². The number of aliphatic imine (C=N–C) groups is 1. The Morgan fingerprint density at radius 2 is 2.15 bits per heavy atom. The van der Waals surface area contributed by atoms with Crippen LogP contribution in [0.25, 0.3) is 0 Å². The first-order valence-corrected chi connectivity index (χ1v) is 8.10. The molecule has 0 radical (unpaired) electrons. The van der Waals surface area contributed by atoms with E-state index in [1.165, 1.54) is 0 Å². The highest BCUT2D eigenvalue weighted by molar-refractivity contribution is 14.0. The summed E-state index contributed by atoms with van der Waals surface area (Å²) >= 11 is 5.48. The number of hydrogen-bond donors (Lipinski definition) is 1. The van der Waals surface area contributed by atoms with Crippen LogP contribution in [-0.2, 0) is 6.54 Å². The maximum absolute atomic E-state index is 6.04.